The molecule has 0 N–H and O–H groups in total. The van der Waals surface area contributed by atoms with E-state index in [9.17, 15) is 0 Å². The molecule has 0 atom stereocenters. The molecule has 20 heavy (non-hydrogen) atoms. The van der Waals surface area contributed by atoms with Crippen LogP contribution in [0, 0.1) is 10.8 Å². The van der Waals surface area contributed by atoms with Crippen LogP contribution in [0.15, 0.2) is 30.6 Å². The molecule has 0 saturated carbocycles. The van der Waals surface area contributed by atoms with Gasteiger partial charge in [0.25, 0.3) is 0 Å². The Balaban J connectivity index is 2.18. The van der Waals surface area contributed by atoms with Crippen LogP contribution in [0.2, 0.25) is 0 Å². The first-order chi connectivity index (χ1) is 9.29. The summed E-state index contributed by atoms with van der Waals surface area (Å²) in [5.41, 5.74) is 2.77. The molecule has 0 radical (unpaired) electrons. The Morgan fingerprint density at radius 3 is 1.90 bits per heavy atom. The van der Waals surface area contributed by atoms with Gasteiger partial charge in [-0.2, -0.15) is 0 Å². The Kier molecular flexibility index (Phi) is 3.84. The smallest absolute Gasteiger partial charge is 0.135 e. The third-order valence-corrected chi connectivity index (χ3v) is 4.30. The Morgan fingerprint density at radius 2 is 1.40 bits per heavy atom. The highest BCUT2D eigenvalue weighted by Crippen LogP contribution is 2.40. The van der Waals surface area contributed by atoms with Crippen molar-refractivity contribution in [3.05, 3.63) is 36.2 Å². The summed E-state index contributed by atoms with van der Waals surface area (Å²) in [6, 6.07) is 8.35. The lowest BCUT2D eigenvalue weighted by molar-refractivity contribution is 0.132. The van der Waals surface area contributed by atoms with Crippen molar-refractivity contribution in [2.45, 2.75) is 41.0 Å². The van der Waals surface area contributed by atoms with Crippen molar-refractivity contribution >= 4 is 0 Å². The second kappa shape index (κ2) is 5.27. The highest BCUT2D eigenvalue weighted by Gasteiger charge is 2.32. The normalized spacial score (nSPS) is 12.4. The lowest BCUT2D eigenvalue weighted by atomic mass is 9.66. The molecule has 1 aromatic heterocycles. The number of aromatic nitrogens is 4. The van der Waals surface area contributed by atoms with Crippen LogP contribution < -0.4 is 0 Å². The molecule has 0 amide bonds. The third-order valence-electron chi connectivity index (χ3n) is 4.30. The molecule has 0 unspecified atom stereocenters. The number of rotatable bonds is 3. The Morgan fingerprint density at radius 1 is 0.850 bits per heavy atom. The maximum Gasteiger partial charge on any atom is 0.203 e. The van der Waals surface area contributed by atoms with Crippen LogP contribution >= 0.6 is 0 Å². The first kappa shape index (κ1) is 14.6. The summed E-state index contributed by atoms with van der Waals surface area (Å²) >= 11 is 0. The molecule has 0 spiro atoms. The van der Waals surface area contributed by atoms with E-state index >= 15 is 0 Å². The van der Waals surface area contributed by atoms with Crippen LogP contribution in [0.5, 0.6) is 0 Å². The van der Waals surface area contributed by atoms with Crippen molar-refractivity contribution in [3.8, 4) is 11.4 Å². The maximum absolute atomic E-state index is 3.97. The van der Waals surface area contributed by atoms with Gasteiger partial charge in [0, 0.05) is 5.56 Å². The molecule has 0 saturated heterocycles. The van der Waals surface area contributed by atoms with Crippen LogP contribution in [0.1, 0.15) is 40.2 Å². The lowest BCUT2D eigenvalue weighted by Gasteiger charge is -2.39. The molecule has 0 aliphatic rings. The summed E-state index contributed by atoms with van der Waals surface area (Å²) in [6.07, 6.45) is 2.38. The molecule has 0 fully saturated rings. The van der Waals surface area contributed by atoms with Crippen LogP contribution in [0.3, 0.4) is 0 Å². The zero-order valence-electron chi connectivity index (χ0n) is 12.9. The van der Waals surface area contributed by atoms with Crippen molar-refractivity contribution in [3.63, 3.8) is 0 Å². The van der Waals surface area contributed by atoms with E-state index in [2.05, 4.69) is 67.1 Å². The van der Waals surface area contributed by atoms with Crippen molar-refractivity contribution in [2.24, 2.45) is 10.8 Å². The van der Waals surface area contributed by atoms with Crippen LogP contribution in [-0.4, -0.2) is 20.4 Å². The predicted molar refractivity (Wildman–Crippen MR) is 80.0 cm³/mol. The molecule has 1 heterocycles. The van der Waals surface area contributed by atoms with Gasteiger partial charge in [0.2, 0.25) is 5.82 Å². The predicted octanol–water partition coefficient (Wildman–Crippen LogP) is 3.55. The molecule has 4 nitrogen and oxygen atoms in total. The van der Waals surface area contributed by atoms with Crippen molar-refractivity contribution in [2.75, 3.05) is 0 Å². The van der Waals surface area contributed by atoms with Gasteiger partial charge in [0.1, 0.15) is 0 Å². The quantitative estimate of drug-likeness (QED) is 0.856. The fourth-order valence-corrected chi connectivity index (χ4v) is 1.87. The molecule has 0 aliphatic heterocycles. The van der Waals surface area contributed by atoms with Crippen LogP contribution in [0.25, 0.3) is 11.4 Å². The third kappa shape index (κ3) is 3.18. The second-order valence-electron chi connectivity index (χ2n) is 6.88. The molecular weight excluding hydrogens is 248 g/mol. The summed E-state index contributed by atoms with van der Waals surface area (Å²) in [5.74, 6) is 0.564. The lowest BCUT2D eigenvalue weighted by Crippen LogP contribution is -2.31. The van der Waals surface area contributed by atoms with Gasteiger partial charge in [0.05, 0.1) is 0 Å². The minimum absolute atomic E-state index is 0.237. The monoisotopic (exact) mass is 270 g/mol. The van der Waals surface area contributed by atoms with Crippen molar-refractivity contribution in [1.82, 2.24) is 20.4 Å². The summed E-state index contributed by atoms with van der Waals surface area (Å²) in [5, 5.41) is 15.4. The Labute approximate surface area is 120 Å². The highest BCUT2D eigenvalue weighted by atomic mass is 15.3. The maximum atomic E-state index is 3.97. The molecule has 106 valence electrons. The van der Waals surface area contributed by atoms with Crippen molar-refractivity contribution in [1.29, 1.82) is 0 Å². The second-order valence-corrected chi connectivity index (χ2v) is 6.88. The summed E-state index contributed by atoms with van der Waals surface area (Å²) in [6.45, 7) is 11.5. The zero-order valence-corrected chi connectivity index (χ0v) is 12.9. The molecular formula is C16H22N4. The Bertz CT molecular complexity index is 553. The topological polar surface area (TPSA) is 51.6 Å². The summed E-state index contributed by atoms with van der Waals surface area (Å²) in [7, 11) is 0. The van der Waals surface area contributed by atoms with E-state index < -0.39 is 0 Å². The van der Waals surface area contributed by atoms with Crippen molar-refractivity contribution < 1.29 is 0 Å². The first-order valence-corrected chi connectivity index (χ1v) is 6.89. The standard InChI is InChI=1S/C16H22N4/c1-15(2,3)16(4,5)10-12-6-8-13(9-7-12)14-19-17-11-18-20-14/h6-9,11H,10H2,1-5H3. The van der Waals surface area contributed by atoms with E-state index in [1.807, 2.05) is 12.1 Å². The molecule has 1 aromatic carbocycles. The van der Waals surface area contributed by atoms with Gasteiger partial charge in [0.15, 0.2) is 6.33 Å². The molecule has 4 heteroatoms. The molecule has 0 bridgehead atoms. The van der Waals surface area contributed by atoms with E-state index in [0.29, 0.717) is 5.82 Å². The highest BCUT2D eigenvalue weighted by molar-refractivity contribution is 5.54. The summed E-state index contributed by atoms with van der Waals surface area (Å²) in [4.78, 5) is 0. The van der Waals surface area contributed by atoms with E-state index in [0.717, 1.165) is 12.0 Å². The molecule has 2 rings (SSSR count). The fraction of sp³-hybridized carbons (Fsp3) is 0.500. The molecule has 0 aliphatic carbocycles. The molecule has 2 aromatic rings. The van der Waals surface area contributed by atoms with E-state index in [1.54, 1.807) is 0 Å². The first-order valence-electron chi connectivity index (χ1n) is 6.89. The number of benzene rings is 1. The van der Waals surface area contributed by atoms with Gasteiger partial charge >= 0.3 is 0 Å². The Hall–Kier alpha value is -1.84. The van der Waals surface area contributed by atoms with Crippen LogP contribution in [0.4, 0.5) is 0 Å². The van der Waals surface area contributed by atoms with Gasteiger partial charge < -0.3 is 0 Å². The van der Waals surface area contributed by atoms with E-state index in [1.165, 1.54) is 11.9 Å². The van der Waals surface area contributed by atoms with Gasteiger partial charge in [-0.25, -0.2) is 0 Å². The largest absolute Gasteiger partial charge is 0.203 e. The number of hydrogen-bond acceptors (Lipinski definition) is 4. The zero-order chi connectivity index (χ0) is 14.8. The minimum atomic E-state index is 0.237. The number of nitrogens with zero attached hydrogens (tertiary/aromatic N) is 4. The van der Waals surface area contributed by atoms with E-state index in [-0.39, 0.29) is 10.8 Å². The van der Waals surface area contributed by atoms with Gasteiger partial charge in [-0.15, -0.1) is 20.4 Å². The van der Waals surface area contributed by atoms with Gasteiger partial charge in [-0.3, -0.25) is 0 Å². The average Bonchev–Trinajstić information content (AvgIpc) is 2.39. The minimum Gasteiger partial charge on any atom is -0.135 e. The van der Waals surface area contributed by atoms with Crippen LogP contribution in [-0.2, 0) is 6.42 Å². The van der Waals surface area contributed by atoms with E-state index in [4.69, 9.17) is 0 Å². The fourth-order valence-electron chi connectivity index (χ4n) is 1.87. The van der Waals surface area contributed by atoms with Gasteiger partial charge in [-0.1, -0.05) is 58.9 Å². The number of hydrogen-bond donors (Lipinski definition) is 0. The summed E-state index contributed by atoms with van der Waals surface area (Å²) < 4.78 is 0. The SMILES string of the molecule is CC(C)(C)C(C)(C)Cc1ccc(-c2nncnn2)cc1. The average molecular weight is 270 g/mol. The van der Waals surface area contributed by atoms with Gasteiger partial charge in [-0.05, 0) is 22.8 Å².